The molecule has 1 atom stereocenters. The molecule has 0 spiro atoms. The highest BCUT2D eigenvalue weighted by Crippen LogP contribution is 2.24. The van der Waals surface area contributed by atoms with E-state index in [4.69, 9.17) is 14.2 Å². The number of para-hydroxylation sites is 1. The highest BCUT2D eigenvalue weighted by Gasteiger charge is 2.22. The minimum Gasteiger partial charge on any atom is -0.491 e. The van der Waals surface area contributed by atoms with Crippen molar-refractivity contribution in [3.05, 3.63) is 54.6 Å². The van der Waals surface area contributed by atoms with Gasteiger partial charge in [-0.05, 0) is 36.4 Å². The molecule has 0 aliphatic carbocycles. The minimum absolute atomic E-state index is 0.283. The lowest BCUT2D eigenvalue weighted by atomic mass is 10.3. The fraction of sp³-hybridized carbons (Fsp3) is 0.200. The van der Waals surface area contributed by atoms with Crippen molar-refractivity contribution in [2.24, 2.45) is 0 Å². The summed E-state index contributed by atoms with van der Waals surface area (Å²) < 4.78 is 16.3. The highest BCUT2D eigenvalue weighted by atomic mass is 16.6. The molecule has 1 heterocycles. The molecule has 3 heteroatoms. The molecule has 3 rings (SSSR count). The third-order valence-electron chi connectivity index (χ3n) is 2.64. The molecule has 0 aromatic heterocycles. The smallest absolute Gasteiger partial charge is 0.127 e. The van der Waals surface area contributed by atoms with Gasteiger partial charge in [0.1, 0.15) is 30.0 Å². The quantitative estimate of drug-likeness (QED) is 0.754. The van der Waals surface area contributed by atoms with Crippen LogP contribution in [-0.4, -0.2) is 19.3 Å². The molecule has 0 radical (unpaired) electrons. The number of rotatable bonds is 5. The highest BCUT2D eigenvalue weighted by molar-refractivity contribution is 5.35. The maximum absolute atomic E-state index is 5.69. The lowest BCUT2D eigenvalue weighted by Crippen LogP contribution is -2.03. The molecule has 1 aliphatic rings. The lowest BCUT2D eigenvalue weighted by Gasteiger charge is -2.07. The van der Waals surface area contributed by atoms with Gasteiger partial charge in [0.15, 0.2) is 0 Å². The Hall–Kier alpha value is -2.00. The Bertz CT molecular complexity index is 489. The Morgan fingerprint density at radius 2 is 1.50 bits per heavy atom. The van der Waals surface area contributed by atoms with E-state index in [0.29, 0.717) is 6.61 Å². The van der Waals surface area contributed by atoms with E-state index in [1.54, 1.807) is 0 Å². The fourth-order valence-electron chi connectivity index (χ4n) is 1.58. The van der Waals surface area contributed by atoms with E-state index in [2.05, 4.69) is 0 Å². The molecule has 1 saturated heterocycles. The molecule has 0 saturated carbocycles. The second kappa shape index (κ2) is 5.10. The first-order chi connectivity index (χ1) is 8.90. The molecular weight excluding hydrogens is 228 g/mol. The van der Waals surface area contributed by atoms with Crippen LogP contribution in [0.15, 0.2) is 54.6 Å². The second-order valence-electron chi connectivity index (χ2n) is 4.15. The van der Waals surface area contributed by atoms with Gasteiger partial charge in [0.2, 0.25) is 0 Å². The van der Waals surface area contributed by atoms with Gasteiger partial charge >= 0.3 is 0 Å². The molecule has 3 nitrogen and oxygen atoms in total. The number of ether oxygens (including phenoxy) is 3. The van der Waals surface area contributed by atoms with Gasteiger partial charge in [-0.2, -0.15) is 0 Å². The zero-order chi connectivity index (χ0) is 12.2. The summed E-state index contributed by atoms with van der Waals surface area (Å²) in [6.45, 7) is 1.44. The van der Waals surface area contributed by atoms with Gasteiger partial charge in [0, 0.05) is 0 Å². The molecule has 0 N–H and O–H groups in total. The van der Waals surface area contributed by atoms with Gasteiger partial charge < -0.3 is 14.2 Å². The summed E-state index contributed by atoms with van der Waals surface area (Å²) in [6, 6.07) is 17.3. The predicted molar refractivity (Wildman–Crippen MR) is 68.2 cm³/mol. The van der Waals surface area contributed by atoms with Gasteiger partial charge in [0.25, 0.3) is 0 Å². The molecule has 0 bridgehead atoms. The van der Waals surface area contributed by atoms with Gasteiger partial charge in [-0.25, -0.2) is 0 Å². The second-order valence-corrected chi connectivity index (χ2v) is 4.15. The molecule has 92 valence electrons. The van der Waals surface area contributed by atoms with E-state index in [-0.39, 0.29) is 6.10 Å². The Kier molecular flexibility index (Phi) is 3.15. The standard InChI is InChI=1S/C15H14O3/c1-2-4-13(5-3-1)18-14-8-6-12(7-9-14)16-10-15-11-17-15/h1-9,15H,10-11H2/t15-/m0/s1. The van der Waals surface area contributed by atoms with Crippen molar-refractivity contribution in [3.8, 4) is 17.2 Å². The molecule has 2 aromatic carbocycles. The van der Waals surface area contributed by atoms with E-state index in [0.717, 1.165) is 23.9 Å². The van der Waals surface area contributed by atoms with Crippen LogP contribution in [0.5, 0.6) is 17.2 Å². The van der Waals surface area contributed by atoms with Crippen molar-refractivity contribution in [2.45, 2.75) is 6.10 Å². The fourth-order valence-corrected chi connectivity index (χ4v) is 1.58. The van der Waals surface area contributed by atoms with Crippen LogP contribution in [-0.2, 0) is 4.74 Å². The van der Waals surface area contributed by atoms with Crippen molar-refractivity contribution >= 4 is 0 Å². The average molecular weight is 242 g/mol. The first kappa shape index (κ1) is 11.1. The van der Waals surface area contributed by atoms with E-state index in [1.165, 1.54) is 0 Å². The number of hydrogen-bond acceptors (Lipinski definition) is 3. The third-order valence-corrected chi connectivity index (χ3v) is 2.64. The van der Waals surface area contributed by atoms with Gasteiger partial charge in [-0.1, -0.05) is 18.2 Å². The zero-order valence-electron chi connectivity index (χ0n) is 9.91. The van der Waals surface area contributed by atoms with E-state index in [9.17, 15) is 0 Å². The van der Waals surface area contributed by atoms with Crippen molar-refractivity contribution in [3.63, 3.8) is 0 Å². The Morgan fingerprint density at radius 3 is 2.17 bits per heavy atom. The van der Waals surface area contributed by atoms with E-state index in [1.807, 2.05) is 54.6 Å². The largest absolute Gasteiger partial charge is 0.491 e. The van der Waals surface area contributed by atoms with Crippen molar-refractivity contribution in [1.29, 1.82) is 0 Å². The van der Waals surface area contributed by atoms with Crippen LogP contribution >= 0.6 is 0 Å². The lowest BCUT2D eigenvalue weighted by molar-refractivity contribution is 0.263. The van der Waals surface area contributed by atoms with Crippen LogP contribution in [0.4, 0.5) is 0 Å². The molecule has 0 unspecified atom stereocenters. The molecule has 18 heavy (non-hydrogen) atoms. The Labute approximate surface area is 106 Å². The van der Waals surface area contributed by atoms with Crippen molar-refractivity contribution < 1.29 is 14.2 Å². The molecule has 1 aliphatic heterocycles. The monoisotopic (exact) mass is 242 g/mol. The van der Waals surface area contributed by atoms with Crippen LogP contribution in [0.1, 0.15) is 0 Å². The summed E-state index contributed by atoms with van der Waals surface area (Å²) in [6.07, 6.45) is 0.283. The third kappa shape index (κ3) is 3.02. The van der Waals surface area contributed by atoms with Crippen molar-refractivity contribution in [1.82, 2.24) is 0 Å². The maximum Gasteiger partial charge on any atom is 0.127 e. The first-order valence-corrected chi connectivity index (χ1v) is 5.97. The maximum atomic E-state index is 5.69. The number of epoxide rings is 1. The van der Waals surface area contributed by atoms with Crippen LogP contribution in [0, 0.1) is 0 Å². The summed E-state index contributed by atoms with van der Waals surface area (Å²) in [5.74, 6) is 2.47. The summed E-state index contributed by atoms with van der Waals surface area (Å²) in [7, 11) is 0. The normalized spacial score (nSPS) is 17.2. The zero-order valence-corrected chi connectivity index (χ0v) is 9.91. The average Bonchev–Trinajstić information content (AvgIpc) is 3.23. The van der Waals surface area contributed by atoms with Crippen LogP contribution < -0.4 is 9.47 Å². The SMILES string of the molecule is c1ccc(Oc2ccc(OC[C@H]3CO3)cc2)cc1. The number of hydrogen-bond donors (Lipinski definition) is 0. The first-order valence-electron chi connectivity index (χ1n) is 5.97. The summed E-state index contributed by atoms with van der Waals surface area (Å²) in [5.41, 5.74) is 0. The minimum atomic E-state index is 0.283. The van der Waals surface area contributed by atoms with Crippen molar-refractivity contribution in [2.75, 3.05) is 13.2 Å². The summed E-state index contributed by atoms with van der Waals surface area (Å²) in [4.78, 5) is 0. The van der Waals surface area contributed by atoms with Gasteiger partial charge in [-0.15, -0.1) is 0 Å². The van der Waals surface area contributed by atoms with Crippen LogP contribution in [0.25, 0.3) is 0 Å². The van der Waals surface area contributed by atoms with E-state index >= 15 is 0 Å². The molecular formula is C15H14O3. The van der Waals surface area contributed by atoms with E-state index < -0.39 is 0 Å². The molecule has 0 amide bonds. The van der Waals surface area contributed by atoms with Crippen LogP contribution in [0.2, 0.25) is 0 Å². The topological polar surface area (TPSA) is 31.0 Å². The molecule has 2 aromatic rings. The van der Waals surface area contributed by atoms with Crippen LogP contribution in [0.3, 0.4) is 0 Å². The number of benzene rings is 2. The summed E-state index contributed by atoms with van der Waals surface area (Å²) >= 11 is 0. The summed E-state index contributed by atoms with van der Waals surface area (Å²) in [5, 5.41) is 0. The Morgan fingerprint density at radius 1 is 0.889 bits per heavy atom. The van der Waals surface area contributed by atoms with Gasteiger partial charge in [-0.3, -0.25) is 0 Å². The predicted octanol–water partition coefficient (Wildman–Crippen LogP) is 3.26. The van der Waals surface area contributed by atoms with Gasteiger partial charge in [0.05, 0.1) is 6.61 Å². The Balaban J connectivity index is 1.59. The molecule has 1 fully saturated rings.